The van der Waals surface area contributed by atoms with Crippen molar-refractivity contribution >= 4 is 0 Å². The zero-order valence-electron chi connectivity index (χ0n) is 10.7. The fraction of sp³-hybridized carbons (Fsp3) is 0.357. The Kier molecular flexibility index (Phi) is 3.59. The van der Waals surface area contributed by atoms with E-state index in [0.717, 1.165) is 18.7 Å². The molecule has 0 fully saturated rings. The number of nitrogens with one attached hydrogen (secondary N) is 1. The molecule has 0 saturated carbocycles. The molecule has 0 saturated heterocycles. The molecule has 3 heteroatoms. The second-order valence-electron chi connectivity index (χ2n) is 4.25. The molecule has 0 aliphatic carbocycles. The molecule has 0 aliphatic rings. The van der Waals surface area contributed by atoms with Gasteiger partial charge in [-0.05, 0) is 32.5 Å². The van der Waals surface area contributed by atoms with Gasteiger partial charge in [0.15, 0.2) is 0 Å². The molecule has 90 valence electrons. The predicted molar refractivity (Wildman–Crippen MR) is 70.4 cm³/mol. The predicted octanol–water partition coefficient (Wildman–Crippen LogP) is 2.46. The largest absolute Gasteiger partial charge is 0.316 e. The number of hydrogen-bond acceptors (Lipinski definition) is 2. The van der Waals surface area contributed by atoms with Crippen molar-refractivity contribution in [2.24, 2.45) is 0 Å². The Bertz CT molecular complexity index is 483. The molecule has 1 heterocycles. The quantitative estimate of drug-likeness (QED) is 0.872. The van der Waals surface area contributed by atoms with E-state index in [1.54, 1.807) is 0 Å². The summed E-state index contributed by atoms with van der Waals surface area (Å²) < 4.78 is 2.03. The summed E-state index contributed by atoms with van der Waals surface area (Å²) in [6.07, 6.45) is 2.94. The van der Waals surface area contributed by atoms with Crippen LogP contribution in [0.4, 0.5) is 0 Å². The lowest BCUT2D eigenvalue weighted by Gasteiger charge is -2.08. The normalized spacial score (nSPS) is 10.8. The van der Waals surface area contributed by atoms with E-state index < -0.39 is 0 Å². The Morgan fingerprint density at radius 3 is 2.53 bits per heavy atom. The van der Waals surface area contributed by atoms with Gasteiger partial charge in [0.2, 0.25) is 0 Å². The van der Waals surface area contributed by atoms with E-state index in [-0.39, 0.29) is 0 Å². The molecule has 0 atom stereocenters. The fourth-order valence-electron chi connectivity index (χ4n) is 2.03. The number of aromatic nitrogens is 2. The van der Waals surface area contributed by atoms with Crippen LogP contribution in [-0.2, 0) is 13.0 Å². The maximum Gasteiger partial charge on any atom is 0.0649 e. The van der Waals surface area contributed by atoms with Crippen LogP contribution >= 0.6 is 0 Å². The summed E-state index contributed by atoms with van der Waals surface area (Å²) in [6, 6.07) is 8.47. The van der Waals surface area contributed by atoms with Crippen molar-refractivity contribution < 1.29 is 0 Å². The molecule has 0 unspecified atom stereocenters. The highest BCUT2D eigenvalue weighted by atomic mass is 15.3. The lowest BCUT2D eigenvalue weighted by Crippen LogP contribution is -2.08. The van der Waals surface area contributed by atoms with Gasteiger partial charge >= 0.3 is 0 Å². The van der Waals surface area contributed by atoms with Gasteiger partial charge < -0.3 is 5.32 Å². The van der Waals surface area contributed by atoms with Gasteiger partial charge in [-0.2, -0.15) is 5.10 Å². The van der Waals surface area contributed by atoms with Gasteiger partial charge in [-0.15, -0.1) is 0 Å². The van der Waals surface area contributed by atoms with E-state index >= 15 is 0 Å². The minimum Gasteiger partial charge on any atom is -0.316 e. The van der Waals surface area contributed by atoms with E-state index in [1.807, 2.05) is 17.9 Å². The van der Waals surface area contributed by atoms with E-state index in [0.29, 0.717) is 0 Å². The number of nitrogens with zero attached hydrogens (tertiary/aromatic N) is 2. The Balaban J connectivity index is 2.41. The van der Waals surface area contributed by atoms with Gasteiger partial charge in [0.05, 0.1) is 11.9 Å². The van der Waals surface area contributed by atoms with Crippen LogP contribution in [0.1, 0.15) is 23.7 Å². The van der Waals surface area contributed by atoms with E-state index in [2.05, 4.69) is 48.5 Å². The topological polar surface area (TPSA) is 29.9 Å². The van der Waals surface area contributed by atoms with E-state index in [9.17, 15) is 0 Å². The molecule has 2 rings (SSSR count). The lowest BCUT2D eigenvalue weighted by atomic mass is 10.2. The van der Waals surface area contributed by atoms with Crippen molar-refractivity contribution in [3.8, 4) is 5.69 Å². The van der Waals surface area contributed by atoms with Gasteiger partial charge in [-0.25, -0.2) is 4.68 Å². The molecule has 3 nitrogen and oxygen atoms in total. The van der Waals surface area contributed by atoms with Crippen molar-refractivity contribution in [3.05, 3.63) is 47.3 Å². The highest BCUT2D eigenvalue weighted by Gasteiger charge is 2.09. The molecule has 0 radical (unpaired) electrons. The molecule has 0 aliphatic heterocycles. The molecule has 17 heavy (non-hydrogen) atoms. The summed E-state index contributed by atoms with van der Waals surface area (Å²) >= 11 is 0. The van der Waals surface area contributed by atoms with Crippen LogP contribution in [0.3, 0.4) is 0 Å². The second kappa shape index (κ2) is 5.15. The molecule has 0 amide bonds. The van der Waals surface area contributed by atoms with Crippen molar-refractivity contribution in [1.29, 1.82) is 0 Å². The van der Waals surface area contributed by atoms with Crippen LogP contribution in [0.15, 0.2) is 30.5 Å². The fourth-order valence-corrected chi connectivity index (χ4v) is 2.03. The Hall–Kier alpha value is -1.61. The summed E-state index contributed by atoms with van der Waals surface area (Å²) in [5.41, 5.74) is 4.96. The first-order valence-corrected chi connectivity index (χ1v) is 6.03. The molecule has 1 aromatic carbocycles. The van der Waals surface area contributed by atoms with Gasteiger partial charge in [-0.1, -0.05) is 24.6 Å². The monoisotopic (exact) mass is 229 g/mol. The number of benzene rings is 1. The van der Waals surface area contributed by atoms with Crippen LogP contribution < -0.4 is 5.32 Å². The summed E-state index contributed by atoms with van der Waals surface area (Å²) in [5, 5.41) is 7.66. The van der Waals surface area contributed by atoms with Crippen LogP contribution in [0.2, 0.25) is 0 Å². The smallest absolute Gasteiger partial charge is 0.0649 e. The van der Waals surface area contributed by atoms with Crippen LogP contribution in [-0.4, -0.2) is 16.8 Å². The summed E-state index contributed by atoms with van der Waals surface area (Å²) in [7, 11) is 1.96. The zero-order chi connectivity index (χ0) is 12.3. The van der Waals surface area contributed by atoms with Crippen LogP contribution in [0.25, 0.3) is 5.69 Å². The molecule has 1 aromatic heterocycles. The minimum atomic E-state index is 0.870. The summed E-state index contributed by atoms with van der Waals surface area (Å²) in [6.45, 7) is 5.13. The second-order valence-corrected chi connectivity index (χ2v) is 4.25. The summed E-state index contributed by atoms with van der Waals surface area (Å²) in [5.74, 6) is 0. The first-order valence-electron chi connectivity index (χ1n) is 6.03. The molecule has 1 N–H and O–H groups in total. The van der Waals surface area contributed by atoms with Gasteiger partial charge in [0.25, 0.3) is 0 Å². The maximum atomic E-state index is 4.48. The van der Waals surface area contributed by atoms with E-state index in [4.69, 9.17) is 0 Å². The average Bonchev–Trinajstić information content (AvgIpc) is 2.73. The minimum absolute atomic E-state index is 0.870. The van der Waals surface area contributed by atoms with Crippen molar-refractivity contribution in [1.82, 2.24) is 15.1 Å². The molecule has 0 spiro atoms. The molecule has 0 bridgehead atoms. The van der Waals surface area contributed by atoms with Crippen molar-refractivity contribution in [2.45, 2.75) is 26.8 Å². The number of rotatable bonds is 4. The van der Waals surface area contributed by atoms with Gasteiger partial charge in [0.1, 0.15) is 0 Å². The van der Waals surface area contributed by atoms with Gasteiger partial charge in [0, 0.05) is 17.8 Å². The first-order chi connectivity index (χ1) is 8.26. The highest BCUT2D eigenvalue weighted by Crippen LogP contribution is 2.16. The SMILES string of the molecule is CCc1c(CNC)cnn1-c1ccc(C)cc1. The third kappa shape index (κ3) is 2.39. The Morgan fingerprint density at radius 1 is 1.24 bits per heavy atom. The van der Waals surface area contributed by atoms with Gasteiger partial charge in [-0.3, -0.25) is 0 Å². The Morgan fingerprint density at radius 2 is 1.94 bits per heavy atom. The van der Waals surface area contributed by atoms with Crippen LogP contribution in [0.5, 0.6) is 0 Å². The lowest BCUT2D eigenvalue weighted by molar-refractivity contribution is 0.779. The van der Waals surface area contributed by atoms with Crippen LogP contribution in [0, 0.1) is 6.92 Å². The van der Waals surface area contributed by atoms with Crippen molar-refractivity contribution in [3.63, 3.8) is 0 Å². The maximum absolute atomic E-state index is 4.48. The third-order valence-corrected chi connectivity index (χ3v) is 2.94. The number of hydrogen-bond donors (Lipinski definition) is 1. The first kappa shape index (κ1) is 11.9. The molecular formula is C14H19N3. The molecule has 2 aromatic rings. The van der Waals surface area contributed by atoms with E-state index in [1.165, 1.54) is 16.8 Å². The number of aryl methyl sites for hydroxylation is 1. The summed E-state index contributed by atoms with van der Waals surface area (Å²) in [4.78, 5) is 0. The average molecular weight is 229 g/mol. The molecular weight excluding hydrogens is 210 g/mol. The van der Waals surface area contributed by atoms with Crippen molar-refractivity contribution in [2.75, 3.05) is 7.05 Å². The third-order valence-electron chi connectivity index (χ3n) is 2.94. The Labute approximate surface area is 102 Å². The standard InChI is InChI=1S/C14H19N3/c1-4-14-12(9-15-3)10-16-17(14)13-7-5-11(2)6-8-13/h5-8,10,15H,4,9H2,1-3H3. The zero-order valence-corrected chi connectivity index (χ0v) is 10.7. The highest BCUT2D eigenvalue weighted by molar-refractivity contribution is 5.37.